The van der Waals surface area contributed by atoms with Gasteiger partial charge in [-0.1, -0.05) is 17.7 Å². The van der Waals surface area contributed by atoms with Crippen molar-refractivity contribution in [3.05, 3.63) is 81.5 Å². The molecule has 25 heavy (non-hydrogen) atoms. The molecule has 2 aromatic rings. The van der Waals surface area contributed by atoms with Crippen LogP contribution < -0.4 is 5.32 Å². The molecule has 1 aliphatic rings. The van der Waals surface area contributed by atoms with Crippen molar-refractivity contribution in [2.24, 2.45) is 4.99 Å². The van der Waals surface area contributed by atoms with Gasteiger partial charge in [0.25, 0.3) is 0 Å². The first kappa shape index (κ1) is 17.8. The zero-order valence-electron chi connectivity index (χ0n) is 12.5. The number of halogens is 6. The minimum absolute atomic E-state index is 0.0127. The van der Waals surface area contributed by atoms with Gasteiger partial charge in [-0.05, 0) is 23.8 Å². The summed E-state index contributed by atoms with van der Waals surface area (Å²) in [5.74, 6) is -3.92. The number of nitrogens with one attached hydrogen (secondary N) is 1. The van der Waals surface area contributed by atoms with E-state index in [0.29, 0.717) is 23.4 Å². The predicted molar refractivity (Wildman–Crippen MR) is 88.9 cm³/mol. The summed E-state index contributed by atoms with van der Waals surface area (Å²) in [6.45, 7) is 0. The van der Waals surface area contributed by atoms with Crippen molar-refractivity contribution < 1.29 is 17.6 Å². The third kappa shape index (κ3) is 3.65. The minimum Gasteiger partial charge on any atom is -0.342 e. The number of benzene rings is 2. The van der Waals surface area contributed by atoms with E-state index in [4.69, 9.17) is 23.2 Å². The lowest BCUT2D eigenvalue weighted by molar-refractivity contribution is 0.539. The van der Waals surface area contributed by atoms with Crippen LogP contribution in [0.4, 0.5) is 17.6 Å². The first-order valence-electron chi connectivity index (χ1n) is 7.10. The molecule has 0 aliphatic carbocycles. The molecule has 0 amide bonds. The third-order valence-electron chi connectivity index (χ3n) is 3.57. The van der Waals surface area contributed by atoms with Crippen LogP contribution >= 0.6 is 23.2 Å². The van der Waals surface area contributed by atoms with E-state index in [9.17, 15) is 17.6 Å². The molecule has 0 bridgehead atoms. The van der Waals surface area contributed by atoms with E-state index in [2.05, 4.69) is 10.3 Å². The molecule has 0 radical (unpaired) electrons. The second-order valence-corrected chi connectivity index (χ2v) is 5.96. The van der Waals surface area contributed by atoms with Crippen LogP contribution in [0.15, 0.2) is 47.1 Å². The minimum atomic E-state index is -1.11. The summed E-state index contributed by atoms with van der Waals surface area (Å²) in [6.07, 6.45) is 1.61. The molecule has 3 rings (SSSR count). The number of hydrogen-bond donors (Lipinski definition) is 1. The van der Waals surface area contributed by atoms with Gasteiger partial charge in [-0.25, -0.2) is 17.6 Å². The Hall–Kier alpha value is -2.05. The fourth-order valence-electron chi connectivity index (χ4n) is 2.47. The van der Waals surface area contributed by atoms with Crippen LogP contribution in [0.1, 0.15) is 17.2 Å². The summed E-state index contributed by atoms with van der Waals surface area (Å²) >= 11 is 11.9. The summed E-state index contributed by atoms with van der Waals surface area (Å²) in [5.41, 5.74) is 0.355. The van der Waals surface area contributed by atoms with Crippen molar-refractivity contribution >= 4 is 29.0 Å². The second-order valence-electron chi connectivity index (χ2n) is 5.28. The first-order valence-corrected chi connectivity index (χ1v) is 8.01. The molecule has 1 N–H and O–H groups in total. The molecule has 0 saturated heterocycles. The monoisotopic (exact) mass is 388 g/mol. The quantitative estimate of drug-likeness (QED) is 0.573. The molecule has 0 saturated carbocycles. The lowest BCUT2D eigenvalue weighted by Gasteiger charge is -2.23. The number of amidine groups is 1. The Morgan fingerprint density at radius 1 is 1.00 bits per heavy atom. The Morgan fingerprint density at radius 2 is 1.68 bits per heavy atom. The molecule has 2 aromatic carbocycles. The van der Waals surface area contributed by atoms with Crippen molar-refractivity contribution in [1.82, 2.24) is 5.32 Å². The standard InChI is InChI=1S/C17H10Cl2F4N2/c18-7-10-6-15(11-2-1-8(20)3-12(11)19)25-17(24-10)16-13(22)4-9(21)5-14(16)23/h1-6,15H,7H2,(H,24,25). The fraction of sp³-hybridized carbons (Fsp3) is 0.118. The largest absolute Gasteiger partial charge is 0.342 e. The molecule has 2 nitrogen and oxygen atoms in total. The van der Waals surface area contributed by atoms with E-state index < -0.39 is 34.9 Å². The topological polar surface area (TPSA) is 24.4 Å². The van der Waals surface area contributed by atoms with Gasteiger partial charge in [0.15, 0.2) is 0 Å². The van der Waals surface area contributed by atoms with Crippen LogP contribution in [0.3, 0.4) is 0 Å². The van der Waals surface area contributed by atoms with Gasteiger partial charge < -0.3 is 5.32 Å². The van der Waals surface area contributed by atoms with Gasteiger partial charge in [-0.15, -0.1) is 11.6 Å². The highest BCUT2D eigenvalue weighted by atomic mass is 35.5. The molecule has 0 spiro atoms. The van der Waals surface area contributed by atoms with Crippen LogP contribution in [-0.4, -0.2) is 11.7 Å². The number of hydrogen-bond acceptors (Lipinski definition) is 2. The van der Waals surface area contributed by atoms with Gasteiger partial charge in [0.1, 0.15) is 29.1 Å². The maximum atomic E-state index is 14.1. The molecular weight excluding hydrogens is 379 g/mol. The normalized spacial score (nSPS) is 17.0. The Morgan fingerprint density at radius 3 is 2.28 bits per heavy atom. The lowest BCUT2D eigenvalue weighted by atomic mass is 10.0. The SMILES string of the molecule is Fc1cc(F)c(C2=NC(c3ccc(F)cc3Cl)C=C(CCl)N2)c(F)c1. The zero-order chi connectivity index (χ0) is 18.1. The van der Waals surface area contributed by atoms with Crippen LogP contribution in [0, 0.1) is 23.3 Å². The second kappa shape index (κ2) is 7.06. The van der Waals surface area contributed by atoms with Crippen LogP contribution in [0.5, 0.6) is 0 Å². The van der Waals surface area contributed by atoms with Crippen molar-refractivity contribution in [3.63, 3.8) is 0 Å². The number of alkyl halides is 1. The smallest absolute Gasteiger partial charge is 0.140 e. The molecule has 130 valence electrons. The summed E-state index contributed by atoms with van der Waals surface area (Å²) < 4.78 is 54.5. The Balaban J connectivity index is 2.11. The van der Waals surface area contributed by atoms with Gasteiger partial charge in [0, 0.05) is 22.9 Å². The van der Waals surface area contributed by atoms with E-state index >= 15 is 0 Å². The van der Waals surface area contributed by atoms with E-state index in [1.54, 1.807) is 6.08 Å². The number of aliphatic imine (C=N–C) groups is 1. The molecule has 8 heteroatoms. The van der Waals surface area contributed by atoms with Crippen molar-refractivity contribution in [2.75, 3.05) is 5.88 Å². The molecule has 0 fully saturated rings. The molecule has 1 heterocycles. The highest BCUT2D eigenvalue weighted by Crippen LogP contribution is 2.31. The molecule has 1 atom stereocenters. The predicted octanol–water partition coefficient (Wildman–Crippen LogP) is 5.11. The molecule has 0 aromatic heterocycles. The zero-order valence-corrected chi connectivity index (χ0v) is 14.0. The maximum absolute atomic E-state index is 14.1. The van der Waals surface area contributed by atoms with E-state index in [1.807, 2.05) is 0 Å². The Bertz CT molecular complexity index is 873. The molecular formula is C17H10Cl2F4N2. The number of rotatable bonds is 3. The molecule has 1 unspecified atom stereocenters. The summed E-state index contributed by atoms with van der Waals surface area (Å²) in [6, 6.07) is 4.12. The highest BCUT2D eigenvalue weighted by molar-refractivity contribution is 6.31. The Kier molecular flexibility index (Phi) is 5.01. The Labute approximate surface area is 150 Å². The van der Waals surface area contributed by atoms with Crippen LogP contribution in [-0.2, 0) is 0 Å². The lowest BCUT2D eigenvalue weighted by Crippen LogP contribution is -2.31. The number of allylic oxidation sites excluding steroid dienone is 1. The van der Waals surface area contributed by atoms with E-state index in [-0.39, 0.29) is 16.7 Å². The average Bonchev–Trinajstić information content (AvgIpc) is 2.53. The van der Waals surface area contributed by atoms with E-state index in [1.165, 1.54) is 12.1 Å². The van der Waals surface area contributed by atoms with Gasteiger partial charge in [-0.2, -0.15) is 0 Å². The number of nitrogens with zero attached hydrogens (tertiary/aromatic N) is 1. The van der Waals surface area contributed by atoms with Crippen LogP contribution in [0.2, 0.25) is 5.02 Å². The fourth-order valence-corrected chi connectivity index (χ4v) is 2.90. The van der Waals surface area contributed by atoms with Crippen molar-refractivity contribution in [2.45, 2.75) is 6.04 Å². The van der Waals surface area contributed by atoms with Crippen LogP contribution in [0.25, 0.3) is 0 Å². The average molecular weight is 389 g/mol. The highest BCUT2D eigenvalue weighted by Gasteiger charge is 2.24. The summed E-state index contributed by atoms with van der Waals surface area (Å²) in [7, 11) is 0. The van der Waals surface area contributed by atoms with Crippen molar-refractivity contribution in [1.29, 1.82) is 0 Å². The molecule has 1 aliphatic heterocycles. The van der Waals surface area contributed by atoms with Crippen molar-refractivity contribution in [3.8, 4) is 0 Å². The summed E-state index contributed by atoms with van der Waals surface area (Å²) in [4.78, 5) is 4.22. The van der Waals surface area contributed by atoms with Gasteiger partial charge in [0.05, 0.1) is 17.5 Å². The van der Waals surface area contributed by atoms with E-state index in [0.717, 1.165) is 6.07 Å². The van der Waals surface area contributed by atoms with Gasteiger partial charge >= 0.3 is 0 Å². The first-order chi connectivity index (χ1) is 11.9. The van der Waals surface area contributed by atoms with Gasteiger partial charge in [0.2, 0.25) is 0 Å². The maximum Gasteiger partial charge on any atom is 0.140 e. The third-order valence-corrected chi connectivity index (χ3v) is 4.19. The summed E-state index contributed by atoms with van der Waals surface area (Å²) in [5, 5.41) is 2.82. The van der Waals surface area contributed by atoms with Gasteiger partial charge in [-0.3, -0.25) is 4.99 Å².